The fourth-order valence-corrected chi connectivity index (χ4v) is 5.13. The van der Waals surface area contributed by atoms with Crippen LogP contribution in [0.5, 0.6) is 0 Å². The third-order valence-corrected chi connectivity index (χ3v) is 8.13. The Bertz CT molecular complexity index is 929. The van der Waals surface area contributed by atoms with E-state index in [1.807, 2.05) is 12.2 Å². The van der Waals surface area contributed by atoms with Crippen molar-refractivity contribution in [3.8, 4) is 0 Å². The van der Waals surface area contributed by atoms with Crippen molar-refractivity contribution >= 4 is 11.9 Å². The molecule has 6 heteroatoms. The fourth-order valence-electron chi connectivity index (χ4n) is 5.13. The summed E-state index contributed by atoms with van der Waals surface area (Å²) in [4.78, 5) is 24.3. The summed E-state index contributed by atoms with van der Waals surface area (Å²) < 4.78 is 10.5. The van der Waals surface area contributed by atoms with E-state index >= 15 is 0 Å². The minimum atomic E-state index is -0.897. The maximum atomic E-state index is 12.2. The number of aliphatic hydroxyl groups is 2. The van der Waals surface area contributed by atoms with Gasteiger partial charge >= 0.3 is 11.9 Å². The van der Waals surface area contributed by atoms with Crippen LogP contribution >= 0.6 is 0 Å². The molecule has 0 fully saturated rings. The predicted molar refractivity (Wildman–Crippen MR) is 206 cm³/mol. The van der Waals surface area contributed by atoms with Crippen LogP contribution in [-0.2, 0) is 19.1 Å². The van der Waals surface area contributed by atoms with Crippen molar-refractivity contribution in [3.63, 3.8) is 0 Å². The molecule has 0 heterocycles. The molecule has 0 aliphatic heterocycles. The molecule has 0 amide bonds. The lowest BCUT2D eigenvalue weighted by atomic mass is 10.0. The minimum Gasteiger partial charge on any atom is -0.462 e. The van der Waals surface area contributed by atoms with Crippen LogP contribution in [0.4, 0.5) is 0 Å². The molecule has 0 aromatic heterocycles. The molecule has 0 aromatic rings. The lowest BCUT2D eigenvalue weighted by Gasteiger charge is -2.16. The van der Waals surface area contributed by atoms with E-state index in [2.05, 4.69) is 62.5 Å². The summed E-state index contributed by atoms with van der Waals surface area (Å²) in [5, 5.41) is 19.7. The number of ether oxygens (including phenoxy) is 2. The van der Waals surface area contributed by atoms with Gasteiger partial charge in [0.1, 0.15) is 6.61 Å². The highest BCUT2D eigenvalue weighted by molar-refractivity contribution is 5.70. The molecule has 0 aliphatic rings. The van der Waals surface area contributed by atoms with Crippen molar-refractivity contribution in [1.82, 2.24) is 0 Å². The van der Waals surface area contributed by atoms with Gasteiger partial charge in [0.15, 0.2) is 6.10 Å². The van der Waals surface area contributed by atoms with Gasteiger partial charge in [-0.3, -0.25) is 9.59 Å². The zero-order chi connectivity index (χ0) is 35.9. The molecule has 0 saturated heterocycles. The molecule has 0 radical (unpaired) electrons. The Morgan fingerprint density at radius 2 is 1.04 bits per heavy atom. The SMILES string of the molecule is CC/C=C\C/C=C\C/C=C\C/C=C\C/C=C\C=C/C(O)CCC(=O)O[C@@H](CO)COC(=O)CCCCCCCCCCCCCCCCC. The van der Waals surface area contributed by atoms with Gasteiger partial charge in [-0.1, -0.05) is 177 Å². The van der Waals surface area contributed by atoms with Crippen LogP contribution < -0.4 is 0 Å². The second-order valence-corrected chi connectivity index (χ2v) is 12.8. The lowest BCUT2D eigenvalue weighted by molar-refractivity contribution is -0.161. The molecular weight excluding hydrogens is 612 g/mol. The number of hydrogen-bond acceptors (Lipinski definition) is 6. The van der Waals surface area contributed by atoms with E-state index in [-0.39, 0.29) is 25.4 Å². The average molecular weight is 685 g/mol. The zero-order valence-electron chi connectivity index (χ0n) is 31.3. The van der Waals surface area contributed by atoms with Gasteiger partial charge in [-0.15, -0.1) is 0 Å². The van der Waals surface area contributed by atoms with E-state index < -0.39 is 24.8 Å². The Labute approximate surface area is 300 Å². The molecule has 1 unspecified atom stereocenters. The largest absolute Gasteiger partial charge is 0.462 e. The van der Waals surface area contributed by atoms with E-state index in [9.17, 15) is 19.8 Å². The fraction of sp³-hybridized carbons (Fsp3) is 0.674. The van der Waals surface area contributed by atoms with Gasteiger partial charge < -0.3 is 19.7 Å². The van der Waals surface area contributed by atoms with Crippen LogP contribution in [0.1, 0.15) is 162 Å². The summed E-state index contributed by atoms with van der Waals surface area (Å²) in [5.74, 6) is -0.875. The van der Waals surface area contributed by atoms with Gasteiger partial charge in [0.05, 0.1) is 12.7 Å². The standard InChI is InChI=1S/C43H72O6/c1-3-5-7-9-11-13-15-17-19-21-22-24-26-28-30-32-34-40(45)36-37-43(47)49-41(38-44)39-48-42(46)35-33-31-29-27-25-23-20-18-16-14-12-10-8-6-4-2/h5,7,11,13,17,19,22,24,28,30,32,34,40-41,44-45H,3-4,6,8-10,12,14-16,18,20-21,23,25-27,29,31,33,35-39H2,1-2H3/b7-5-,13-11-,19-17-,24-22-,30-28-,34-32-/t40?,41-/m0/s1. The van der Waals surface area contributed by atoms with Crippen LogP contribution in [0.3, 0.4) is 0 Å². The Hall–Kier alpha value is -2.70. The number of rotatable bonds is 34. The number of aliphatic hydroxyl groups excluding tert-OH is 2. The quantitative estimate of drug-likeness (QED) is 0.0303. The van der Waals surface area contributed by atoms with Crippen LogP contribution in [0.15, 0.2) is 72.9 Å². The normalized spacial score (nSPS) is 13.6. The van der Waals surface area contributed by atoms with Gasteiger partial charge in [0.2, 0.25) is 0 Å². The Kier molecular flexibility index (Phi) is 36.0. The maximum Gasteiger partial charge on any atom is 0.306 e. The summed E-state index contributed by atoms with van der Waals surface area (Å²) in [6.45, 7) is 3.81. The molecule has 2 N–H and O–H groups in total. The second kappa shape index (κ2) is 38.1. The third-order valence-electron chi connectivity index (χ3n) is 8.13. The van der Waals surface area contributed by atoms with Crippen molar-refractivity contribution < 1.29 is 29.3 Å². The van der Waals surface area contributed by atoms with Crippen LogP contribution in [0.2, 0.25) is 0 Å². The summed E-state index contributed by atoms with van der Waals surface area (Å²) in [5.41, 5.74) is 0. The monoisotopic (exact) mass is 685 g/mol. The Balaban J connectivity index is 3.82. The van der Waals surface area contributed by atoms with Crippen molar-refractivity contribution in [1.29, 1.82) is 0 Å². The number of unbranched alkanes of at least 4 members (excludes halogenated alkanes) is 14. The summed E-state index contributed by atoms with van der Waals surface area (Å²) in [6.07, 6.45) is 47.2. The molecule has 2 atom stereocenters. The number of hydrogen-bond donors (Lipinski definition) is 2. The van der Waals surface area contributed by atoms with Crippen molar-refractivity contribution in [2.45, 2.75) is 174 Å². The van der Waals surface area contributed by atoms with Crippen molar-refractivity contribution in [3.05, 3.63) is 72.9 Å². The maximum absolute atomic E-state index is 12.2. The molecule has 0 rings (SSSR count). The predicted octanol–water partition coefficient (Wildman–Crippen LogP) is 11.1. The van der Waals surface area contributed by atoms with E-state index in [4.69, 9.17) is 9.47 Å². The average Bonchev–Trinajstić information content (AvgIpc) is 3.10. The molecular formula is C43H72O6. The topological polar surface area (TPSA) is 93.1 Å². The zero-order valence-corrected chi connectivity index (χ0v) is 31.3. The molecule has 49 heavy (non-hydrogen) atoms. The summed E-state index contributed by atoms with van der Waals surface area (Å²) >= 11 is 0. The van der Waals surface area contributed by atoms with Gasteiger partial charge in [0.25, 0.3) is 0 Å². The molecule has 0 saturated carbocycles. The first-order chi connectivity index (χ1) is 24.0. The van der Waals surface area contributed by atoms with Crippen molar-refractivity contribution in [2.75, 3.05) is 13.2 Å². The number of carbonyl (C=O) groups excluding carboxylic acids is 2. The molecule has 6 nitrogen and oxygen atoms in total. The Morgan fingerprint density at radius 3 is 1.53 bits per heavy atom. The first-order valence-corrected chi connectivity index (χ1v) is 19.6. The highest BCUT2D eigenvalue weighted by Gasteiger charge is 2.17. The minimum absolute atomic E-state index is 0.000739. The second-order valence-electron chi connectivity index (χ2n) is 12.8. The van der Waals surface area contributed by atoms with Gasteiger partial charge in [-0.05, 0) is 44.9 Å². The number of esters is 2. The highest BCUT2D eigenvalue weighted by Crippen LogP contribution is 2.14. The van der Waals surface area contributed by atoms with Crippen LogP contribution in [0.25, 0.3) is 0 Å². The van der Waals surface area contributed by atoms with Crippen molar-refractivity contribution in [2.24, 2.45) is 0 Å². The third kappa shape index (κ3) is 36.4. The summed E-state index contributed by atoms with van der Waals surface area (Å²) in [6, 6.07) is 0. The van der Waals surface area contributed by atoms with E-state index in [0.29, 0.717) is 6.42 Å². The molecule has 0 aromatic carbocycles. The van der Waals surface area contributed by atoms with Gasteiger partial charge in [-0.2, -0.15) is 0 Å². The van der Waals surface area contributed by atoms with E-state index in [1.165, 1.54) is 77.0 Å². The molecule has 0 aliphatic carbocycles. The first kappa shape index (κ1) is 46.3. The highest BCUT2D eigenvalue weighted by atomic mass is 16.6. The Morgan fingerprint density at radius 1 is 0.571 bits per heavy atom. The van der Waals surface area contributed by atoms with E-state index in [1.54, 1.807) is 12.2 Å². The molecule has 280 valence electrons. The number of allylic oxidation sites excluding steroid dienone is 11. The molecule has 0 spiro atoms. The van der Waals surface area contributed by atoms with Crippen LogP contribution in [0, 0.1) is 0 Å². The summed E-state index contributed by atoms with van der Waals surface area (Å²) in [7, 11) is 0. The van der Waals surface area contributed by atoms with E-state index in [0.717, 1.165) is 51.4 Å². The van der Waals surface area contributed by atoms with Crippen LogP contribution in [-0.4, -0.2) is 47.6 Å². The smallest absolute Gasteiger partial charge is 0.306 e. The lowest BCUT2D eigenvalue weighted by Crippen LogP contribution is -2.28. The first-order valence-electron chi connectivity index (χ1n) is 19.6. The van der Waals surface area contributed by atoms with Gasteiger partial charge in [-0.25, -0.2) is 0 Å². The molecule has 0 bridgehead atoms. The van der Waals surface area contributed by atoms with Gasteiger partial charge in [0, 0.05) is 12.8 Å². The number of carbonyl (C=O) groups is 2.